The minimum atomic E-state index is 0.898. The van der Waals surface area contributed by atoms with Crippen molar-refractivity contribution in [3.05, 3.63) is 58.8 Å². The molecule has 20 heavy (non-hydrogen) atoms. The van der Waals surface area contributed by atoms with Crippen LogP contribution in [-0.2, 0) is 0 Å². The van der Waals surface area contributed by atoms with Gasteiger partial charge in [-0.1, -0.05) is 24.2 Å². The molecule has 0 aliphatic carbocycles. The average molecular weight is 259 g/mol. The van der Waals surface area contributed by atoms with Crippen LogP contribution in [-0.4, -0.2) is 12.4 Å². The lowest BCUT2D eigenvalue weighted by molar-refractivity contribution is 0.576. The van der Waals surface area contributed by atoms with Gasteiger partial charge >= 0.3 is 0 Å². The van der Waals surface area contributed by atoms with Crippen molar-refractivity contribution >= 4 is 36.4 Å². The molecule has 3 heterocycles. The van der Waals surface area contributed by atoms with Gasteiger partial charge in [0.2, 0.25) is 0 Å². The summed E-state index contributed by atoms with van der Waals surface area (Å²) in [5, 5.41) is 2.23. The largest absolute Gasteiger partial charge is 0.457 e. The predicted octanol–water partition coefficient (Wildman–Crippen LogP) is 1.75. The summed E-state index contributed by atoms with van der Waals surface area (Å²) in [5.41, 5.74) is 3.01. The summed E-state index contributed by atoms with van der Waals surface area (Å²) in [6, 6.07) is 12.1. The van der Waals surface area contributed by atoms with E-state index >= 15 is 0 Å². The predicted molar refractivity (Wildman–Crippen MR) is 81.6 cm³/mol. The Morgan fingerprint density at radius 3 is 3.00 bits per heavy atom. The number of aryl methyl sites for hydroxylation is 1. The Hall–Kier alpha value is -2.49. The zero-order valence-corrected chi connectivity index (χ0v) is 11.1. The van der Waals surface area contributed by atoms with E-state index in [4.69, 9.17) is 4.42 Å². The SMILES string of the molecule is Cc1ccnc(N2[B]C=c3oc4ccccc4c3=C2)c1. The quantitative estimate of drug-likeness (QED) is 0.623. The highest BCUT2D eigenvalue weighted by Gasteiger charge is 2.12. The van der Waals surface area contributed by atoms with Crippen molar-refractivity contribution in [1.29, 1.82) is 0 Å². The molecule has 1 aliphatic rings. The molecule has 95 valence electrons. The van der Waals surface area contributed by atoms with Gasteiger partial charge in [-0.3, -0.25) is 0 Å². The summed E-state index contributed by atoms with van der Waals surface area (Å²) >= 11 is 0. The van der Waals surface area contributed by atoms with E-state index in [-0.39, 0.29) is 0 Å². The van der Waals surface area contributed by atoms with E-state index in [0.717, 1.165) is 27.4 Å². The Kier molecular flexibility index (Phi) is 2.42. The number of benzene rings is 1. The first-order chi connectivity index (χ1) is 9.81. The van der Waals surface area contributed by atoms with Crippen LogP contribution in [0.5, 0.6) is 0 Å². The van der Waals surface area contributed by atoms with Crippen molar-refractivity contribution in [2.75, 3.05) is 4.81 Å². The summed E-state index contributed by atoms with van der Waals surface area (Å²) in [7, 11) is 1.98. The van der Waals surface area contributed by atoms with Crippen LogP contribution in [0.15, 0.2) is 47.0 Å². The lowest BCUT2D eigenvalue weighted by Crippen LogP contribution is -2.35. The number of furan rings is 1. The molecule has 0 spiro atoms. The van der Waals surface area contributed by atoms with Gasteiger partial charge in [0.1, 0.15) is 16.8 Å². The molecule has 4 rings (SSSR count). The second kappa shape index (κ2) is 4.27. The van der Waals surface area contributed by atoms with Crippen molar-refractivity contribution in [3.63, 3.8) is 0 Å². The third-order valence-corrected chi connectivity index (χ3v) is 3.48. The van der Waals surface area contributed by atoms with E-state index in [1.165, 1.54) is 5.56 Å². The van der Waals surface area contributed by atoms with Crippen molar-refractivity contribution in [2.45, 2.75) is 6.92 Å². The molecule has 0 saturated heterocycles. The third-order valence-electron chi connectivity index (χ3n) is 3.48. The molecule has 1 aromatic carbocycles. The fraction of sp³-hybridized carbons (Fsp3) is 0.0625. The van der Waals surface area contributed by atoms with Crippen LogP contribution in [0.1, 0.15) is 5.56 Å². The fourth-order valence-electron chi connectivity index (χ4n) is 2.48. The molecular weight excluding hydrogens is 247 g/mol. The fourth-order valence-corrected chi connectivity index (χ4v) is 2.48. The molecule has 0 N–H and O–H groups in total. The van der Waals surface area contributed by atoms with E-state index < -0.39 is 0 Å². The summed E-state index contributed by atoms with van der Waals surface area (Å²) in [5.74, 6) is 2.90. The Morgan fingerprint density at radius 1 is 1.20 bits per heavy atom. The van der Waals surface area contributed by atoms with Gasteiger partial charge in [-0.2, -0.15) is 0 Å². The molecule has 0 bridgehead atoms. The Labute approximate surface area is 117 Å². The molecule has 1 aliphatic heterocycles. The number of pyridine rings is 1. The second-order valence-electron chi connectivity index (χ2n) is 4.92. The number of nitrogens with zero attached hydrogens (tertiary/aromatic N) is 2. The van der Waals surface area contributed by atoms with Crippen molar-refractivity contribution in [3.8, 4) is 0 Å². The van der Waals surface area contributed by atoms with Crippen LogP contribution in [0.25, 0.3) is 23.1 Å². The first-order valence-electron chi connectivity index (χ1n) is 6.57. The number of para-hydroxylation sites is 1. The number of anilines is 1. The molecule has 0 amide bonds. The van der Waals surface area contributed by atoms with Gasteiger partial charge in [0.25, 0.3) is 7.41 Å². The van der Waals surface area contributed by atoms with Crippen LogP contribution < -0.4 is 15.4 Å². The first-order valence-corrected chi connectivity index (χ1v) is 6.57. The minimum absolute atomic E-state index is 0.898. The third kappa shape index (κ3) is 1.73. The highest BCUT2D eigenvalue weighted by Crippen LogP contribution is 2.14. The van der Waals surface area contributed by atoms with Gasteiger partial charge in [0, 0.05) is 23.0 Å². The number of aromatic nitrogens is 1. The zero-order valence-electron chi connectivity index (χ0n) is 11.1. The van der Waals surface area contributed by atoms with E-state index in [0.29, 0.717) is 0 Å². The normalized spacial score (nSPS) is 13.3. The number of hydrogen-bond acceptors (Lipinski definition) is 3. The van der Waals surface area contributed by atoms with Gasteiger partial charge in [0.05, 0.1) is 0 Å². The van der Waals surface area contributed by atoms with E-state index in [2.05, 4.69) is 30.2 Å². The standard InChI is InChI=1S/C16H12BN2O/c1-11-6-7-18-16(8-11)19-10-13-12-4-2-3-5-14(12)20-15(13)9-17-19/h2-10H,1H3. The van der Waals surface area contributed by atoms with Crippen molar-refractivity contribution in [1.82, 2.24) is 4.98 Å². The van der Waals surface area contributed by atoms with Crippen LogP contribution >= 0.6 is 0 Å². The molecule has 1 radical (unpaired) electrons. The smallest absolute Gasteiger partial charge is 0.288 e. The molecule has 0 atom stereocenters. The highest BCUT2D eigenvalue weighted by molar-refractivity contribution is 6.59. The lowest BCUT2D eigenvalue weighted by atomic mass is 9.88. The molecule has 4 heteroatoms. The topological polar surface area (TPSA) is 29.3 Å². The van der Waals surface area contributed by atoms with Gasteiger partial charge in [0.15, 0.2) is 0 Å². The molecule has 2 aromatic heterocycles. The molecular formula is C16H12BN2O. The molecule has 0 saturated carbocycles. The molecule has 3 nitrogen and oxygen atoms in total. The maximum Gasteiger partial charge on any atom is 0.288 e. The van der Waals surface area contributed by atoms with Crippen molar-refractivity contribution in [2.24, 2.45) is 0 Å². The molecule has 0 fully saturated rings. The first kappa shape index (κ1) is 11.4. The van der Waals surface area contributed by atoms with Crippen LogP contribution in [0, 0.1) is 6.92 Å². The maximum absolute atomic E-state index is 5.83. The van der Waals surface area contributed by atoms with E-state index in [9.17, 15) is 0 Å². The number of hydrogen-bond donors (Lipinski definition) is 0. The van der Waals surface area contributed by atoms with E-state index in [1.807, 2.05) is 48.7 Å². The average Bonchev–Trinajstić information content (AvgIpc) is 2.85. The summed E-state index contributed by atoms with van der Waals surface area (Å²) < 4.78 is 5.83. The van der Waals surface area contributed by atoms with Gasteiger partial charge in [-0.25, -0.2) is 4.98 Å². The monoisotopic (exact) mass is 259 g/mol. The lowest BCUT2D eigenvalue weighted by Gasteiger charge is -2.18. The van der Waals surface area contributed by atoms with Gasteiger partial charge in [-0.05, 0) is 30.7 Å². The van der Waals surface area contributed by atoms with Gasteiger partial charge in [-0.15, -0.1) is 0 Å². The summed E-state index contributed by atoms with van der Waals surface area (Å²) in [6.45, 7) is 2.07. The zero-order chi connectivity index (χ0) is 13.5. The number of rotatable bonds is 1. The van der Waals surface area contributed by atoms with Crippen molar-refractivity contribution < 1.29 is 4.42 Å². The summed E-state index contributed by atoms with van der Waals surface area (Å²) in [6.07, 6.45) is 3.90. The Balaban J connectivity index is 1.92. The molecule has 0 unspecified atom stereocenters. The Bertz CT molecular complexity index is 914. The number of fused-ring (bicyclic) bond motifs is 3. The molecule has 3 aromatic rings. The summed E-state index contributed by atoms with van der Waals surface area (Å²) in [4.78, 5) is 6.44. The Morgan fingerprint density at radius 2 is 2.10 bits per heavy atom. The van der Waals surface area contributed by atoms with Crippen LogP contribution in [0.3, 0.4) is 0 Å². The van der Waals surface area contributed by atoms with Crippen LogP contribution in [0.2, 0.25) is 0 Å². The second-order valence-corrected chi connectivity index (χ2v) is 4.92. The minimum Gasteiger partial charge on any atom is -0.457 e. The maximum atomic E-state index is 5.83. The van der Waals surface area contributed by atoms with E-state index in [1.54, 1.807) is 0 Å². The van der Waals surface area contributed by atoms with Crippen LogP contribution in [0.4, 0.5) is 5.82 Å². The van der Waals surface area contributed by atoms with Gasteiger partial charge < -0.3 is 9.23 Å². The highest BCUT2D eigenvalue weighted by atomic mass is 16.3.